The second-order valence-corrected chi connectivity index (χ2v) is 7.98. The molecule has 0 N–H and O–H groups in total. The van der Waals surface area contributed by atoms with Crippen LogP contribution in [0.25, 0.3) is 21.5 Å². The highest BCUT2D eigenvalue weighted by molar-refractivity contribution is 6.27. The first-order chi connectivity index (χ1) is 17.0. The van der Waals surface area contributed by atoms with Gasteiger partial charge in [-0.2, -0.15) is 0 Å². The molecule has 6 rings (SSSR count). The molecule has 4 aromatic carbocycles. The van der Waals surface area contributed by atoms with Gasteiger partial charge in [0.25, 0.3) is 23.6 Å². The van der Waals surface area contributed by atoms with Crippen molar-refractivity contribution in [3.63, 3.8) is 0 Å². The van der Waals surface area contributed by atoms with Crippen molar-refractivity contribution in [1.29, 1.82) is 0 Å². The van der Waals surface area contributed by atoms with Gasteiger partial charge in [0.05, 0.1) is 36.5 Å². The summed E-state index contributed by atoms with van der Waals surface area (Å²) in [5.41, 5.74) is 0.723. The molecule has 0 aliphatic carbocycles. The highest BCUT2D eigenvalue weighted by Gasteiger charge is 2.42. The van der Waals surface area contributed by atoms with E-state index in [1.807, 2.05) is 0 Å². The molecular weight excluding hydrogens is 452 g/mol. The average molecular weight is 468 g/mol. The van der Waals surface area contributed by atoms with Crippen LogP contribution in [0.5, 0.6) is 11.5 Å². The van der Waals surface area contributed by atoms with E-state index in [1.54, 1.807) is 48.5 Å². The lowest BCUT2D eigenvalue weighted by molar-refractivity contribution is -0.220. The van der Waals surface area contributed by atoms with Crippen molar-refractivity contribution in [3.05, 3.63) is 82.9 Å². The van der Waals surface area contributed by atoms with Crippen LogP contribution in [-0.2, 0) is 4.94 Å². The van der Waals surface area contributed by atoms with Crippen LogP contribution in [-0.4, -0.2) is 48.0 Å². The summed E-state index contributed by atoms with van der Waals surface area (Å²) in [7, 11) is 2.99. The van der Waals surface area contributed by atoms with Crippen molar-refractivity contribution in [2.45, 2.75) is 0 Å². The zero-order valence-corrected chi connectivity index (χ0v) is 18.5. The van der Waals surface area contributed by atoms with Gasteiger partial charge in [-0.05, 0) is 36.4 Å². The lowest BCUT2D eigenvalue weighted by atomic mass is 9.94. The summed E-state index contributed by atoms with van der Waals surface area (Å²) in [5, 5.41) is 2.88. The standard InChI is InChI=1S/C26H16N2O7/c1-33-19-11-9-17-21-13(19)5-3-7-15(21)23(29)27(25(17)31)35-28-24(30)16-8-4-6-14-20(34-2)12-10-18(22(14)16)26(28)32/h3-12H,1-2H3. The van der Waals surface area contributed by atoms with E-state index < -0.39 is 23.6 Å². The molecule has 0 bridgehead atoms. The Morgan fingerprint density at radius 2 is 0.886 bits per heavy atom. The maximum atomic E-state index is 13.3. The average Bonchev–Trinajstić information content (AvgIpc) is 2.89. The number of hydroxylamine groups is 4. The number of amides is 4. The molecule has 2 aliphatic heterocycles. The van der Waals surface area contributed by atoms with Gasteiger partial charge >= 0.3 is 0 Å². The number of imide groups is 2. The molecule has 0 unspecified atom stereocenters. The monoisotopic (exact) mass is 468 g/mol. The normalized spacial score (nSPS) is 14.8. The molecule has 4 amide bonds. The zero-order valence-electron chi connectivity index (χ0n) is 18.5. The summed E-state index contributed by atoms with van der Waals surface area (Å²) in [6.07, 6.45) is 0. The smallest absolute Gasteiger partial charge is 0.287 e. The van der Waals surface area contributed by atoms with Gasteiger partial charge in [-0.3, -0.25) is 19.2 Å². The molecule has 35 heavy (non-hydrogen) atoms. The Balaban J connectivity index is 1.44. The Morgan fingerprint density at radius 3 is 1.26 bits per heavy atom. The second kappa shape index (κ2) is 7.37. The molecule has 0 radical (unpaired) electrons. The number of benzene rings is 4. The van der Waals surface area contributed by atoms with E-state index in [2.05, 4.69) is 0 Å². The van der Waals surface area contributed by atoms with Crippen LogP contribution in [0, 0.1) is 0 Å². The van der Waals surface area contributed by atoms with Gasteiger partial charge in [0.2, 0.25) is 0 Å². The molecule has 0 fully saturated rings. The Morgan fingerprint density at radius 1 is 0.514 bits per heavy atom. The third-order valence-corrected chi connectivity index (χ3v) is 6.26. The number of hydrogen-bond donors (Lipinski definition) is 0. The topological polar surface area (TPSA) is 102 Å². The Kier molecular flexibility index (Phi) is 4.39. The Bertz CT molecular complexity index is 1480. The Labute approximate surface area is 197 Å². The number of methoxy groups -OCH3 is 2. The number of carbonyl (C=O) groups excluding carboxylic acids is 4. The third-order valence-electron chi connectivity index (χ3n) is 6.26. The fourth-order valence-corrected chi connectivity index (χ4v) is 4.68. The van der Waals surface area contributed by atoms with Gasteiger partial charge < -0.3 is 9.47 Å². The number of ether oxygens (including phenoxy) is 2. The highest BCUT2D eigenvalue weighted by atomic mass is 16.9. The minimum Gasteiger partial charge on any atom is -0.496 e. The first kappa shape index (κ1) is 20.8. The van der Waals surface area contributed by atoms with Gasteiger partial charge in [0.1, 0.15) is 11.5 Å². The Hall–Kier alpha value is -4.76. The summed E-state index contributed by atoms with van der Waals surface area (Å²) < 4.78 is 10.7. The van der Waals surface area contributed by atoms with E-state index >= 15 is 0 Å². The van der Waals surface area contributed by atoms with Gasteiger partial charge in [-0.25, -0.2) is 0 Å². The molecule has 9 heteroatoms. The molecule has 0 saturated carbocycles. The summed E-state index contributed by atoms with van der Waals surface area (Å²) in [5.74, 6) is -2.22. The van der Waals surface area contributed by atoms with Crippen molar-refractivity contribution in [2.24, 2.45) is 0 Å². The number of nitrogens with zero attached hydrogens (tertiary/aromatic N) is 2. The number of hydrogen-bond acceptors (Lipinski definition) is 7. The first-order valence-electron chi connectivity index (χ1n) is 10.6. The predicted octanol–water partition coefficient (Wildman–Crippen LogP) is 3.75. The van der Waals surface area contributed by atoms with E-state index in [-0.39, 0.29) is 22.3 Å². The molecule has 4 aromatic rings. The molecule has 0 spiro atoms. The van der Waals surface area contributed by atoms with E-state index in [0.717, 1.165) is 0 Å². The summed E-state index contributed by atoms with van der Waals surface area (Å²) in [6.45, 7) is 0. The van der Waals surface area contributed by atoms with E-state index in [9.17, 15) is 19.2 Å². The van der Waals surface area contributed by atoms with Crippen LogP contribution in [0.15, 0.2) is 60.7 Å². The molecule has 9 nitrogen and oxygen atoms in total. The van der Waals surface area contributed by atoms with Crippen LogP contribution in [0.2, 0.25) is 0 Å². The van der Waals surface area contributed by atoms with Crippen LogP contribution in [0.3, 0.4) is 0 Å². The summed E-state index contributed by atoms with van der Waals surface area (Å²) in [6, 6.07) is 16.1. The van der Waals surface area contributed by atoms with E-state index in [0.29, 0.717) is 43.2 Å². The van der Waals surface area contributed by atoms with Crippen LogP contribution in [0.1, 0.15) is 41.4 Å². The molecule has 2 heterocycles. The maximum absolute atomic E-state index is 13.3. The van der Waals surface area contributed by atoms with Crippen LogP contribution < -0.4 is 9.47 Å². The molecule has 2 aliphatic rings. The quantitative estimate of drug-likeness (QED) is 0.420. The van der Waals surface area contributed by atoms with Crippen LogP contribution >= 0.6 is 0 Å². The minimum absolute atomic E-state index is 0.181. The molecular formula is C26H16N2O7. The molecule has 172 valence electrons. The highest BCUT2D eigenvalue weighted by Crippen LogP contribution is 2.38. The van der Waals surface area contributed by atoms with Crippen molar-refractivity contribution in [2.75, 3.05) is 14.2 Å². The van der Waals surface area contributed by atoms with Gasteiger partial charge in [0, 0.05) is 21.5 Å². The van der Waals surface area contributed by atoms with E-state index in [4.69, 9.17) is 14.4 Å². The maximum Gasteiger partial charge on any atom is 0.287 e. The van der Waals surface area contributed by atoms with Gasteiger partial charge in [-0.1, -0.05) is 24.3 Å². The minimum atomic E-state index is -0.805. The number of rotatable bonds is 4. The number of carbonyl (C=O) groups is 4. The molecule has 0 aromatic heterocycles. The van der Waals surface area contributed by atoms with Crippen molar-refractivity contribution < 1.29 is 33.6 Å². The fraction of sp³-hybridized carbons (Fsp3) is 0.0769. The van der Waals surface area contributed by atoms with Crippen molar-refractivity contribution in [1.82, 2.24) is 10.1 Å². The SMILES string of the molecule is COc1ccc2c3c(cccc13)C(=O)N(ON1C(=O)c3cccc4c(OC)ccc(c34)C1=O)C2=O. The largest absolute Gasteiger partial charge is 0.496 e. The van der Waals surface area contributed by atoms with Crippen LogP contribution in [0.4, 0.5) is 0 Å². The summed E-state index contributed by atoms with van der Waals surface area (Å²) >= 11 is 0. The fourth-order valence-electron chi connectivity index (χ4n) is 4.68. The predicted molar refractivity (Wildman–Crippen MR) is 123 cm³/mol. The van der Waals surface area contributed by atoms with Crippen molar-refractivity contribution in [3.8, 4) is 11.5 Å². The zero-order chi connectivity index (χ0) is 24.4. The molecule has 0 atom stereocenters. The van der Waals surface area contributed by atoms with Crippen molar-refractivity contribution >= 4 is 45.2 Å². The lowest BCUT2D eigenvalue weighted by Gasteiger charge is -2.31. The second-order valence-electron chi connectivity index (χ2n) is 7.98. The summed E-state index contributed by atoms with van der Waals surface area (Å²) in [4.78, 5) is 58.7. The van der Waals surface area contributed by atoms with E-state index in [1.165, 1.54) is 26.4 Å². The van der Waals surface area contributed by atoms with Gasteiger partial charge in [0.15, 0.2) is 0 Å². The molecule has 0 saturated heterocycles. The van der Waals surface area contributed by atoms with Gasteiger partial charge in [-0.15, -0.1) is 15.1 Å². The first-order valence-corrected chi connectivity index (χ1v) is 10.6. The third kappa shape index (κ3) is 2.72. The lowest BCUT2D eigenvalue weighted by Crippen LogP contribution is -2.50.